The van der Waals surface area contributed by atoms with Gasteiger partial charge in [0.15, 0.2) is 0 Å². The van der Waals surface area contributed by atoms with Crippen molar-refractivity contribution in [1.29, 1.82) is 0 Å². The van der Waals surface area contributed by atoms with Crippen LogP contribution in [0.5, 0.6) is 0 Å². The Labute approximate surface area is 123 Å². The Morgan fingerprint density at radius 1 is 1.25 bits per heavy atom. The van der Waals surface area contributed by atoms with Gasteiger partial charge < -0.3 is 10.1 Å². The molecule has 1 aromatic rings. The molecule has 2 heteroatoms. The molecule has 0 amide bonds. The molecule has 0 heterocycles. The summed E-state index contributed by atoms with van der Waals surface area (Å²) in [6.07, 6.45) is 3.70. The molecule has 0 unspecified atom stereocenters. The molecule has 2 nitrogen and oxygen atoms in total. The van der Waals surface area contributed by atoms with E-state index in [4.69, 9.17) is 4.74 Å². The van der Waals surface area contributed by atoms with Crippen LogP contribution in [0.3, 0.4) is 0 Å². The largest absolute Gasteiger partial charge is 0.381 e. The average Bonchev–Trinajstić information content (AvgIpc) is 2.36. The van der Waals surface area contributed by atoms with Crippen molar-refractivity contribution in [1.82, 2.24) is 5.32 Å². The molecule has 1 aromatic carbocycles. The molecule has 1 N–H and O–H groups in total. The predicted molar refractivity (Wildman–Crippen MR) is 85.2 cm³/mol. The number of ether oxygens (including phenoxy) is 1. The Hall–Kier alpha value is -0.860. The van der Waals surface area contributed by atoms with Crippen LogP contribution < -0.4 is 5.32 Å². The van der Waals surface area contributed by atoms with Gasteiger partial charge in [-0.1, -0.05) is 38.1 Å². The number of hydrogen-bond donors (Lipinski definition) is 1. The van der Waals surface area contributed by atoms with Crippen molar-refractivity contribution in [3.05, 3.63) is 35.4 Å². The van der Waals surface area contributed by atoms with Gasteiger partial charge in [0, 0.05) is 19.3 Å². The molecule has 1 aliphatic rings. The highest BCUT2D eigenvalue weighted by molar-refractivity contribution is 5.31. The normalized spacial score (nSPS) is 22.0. The van der Waals surface area contributed by atoms with Gasteiger partial charge in [-0.05, 0) is 55.7 Å². The zero-order valence-corrected chi connectivity index (χ0v) is 13.2. The summed E-state index contributed by atoms with van der Waals surface area (Å²) in [6.45, 7) is 9.47. The summed E-state index contributed by atoms with van der Waals surface area (Å²) in [6, 6.07) is 9.52. The fourth-order valence-electron chi connectivity index (χ4n) is 2.88. The van der Waals surface area contributed by atoms with Crippen molar-refractivity contribution in [2.45, 2.75) is 52.0 Å². The van der Waals surface area contributed by atoms with Crippen LogP contribution in [0.1, 0.15) is 50.2 Å². The van der Waals surface area contributed by atoms with E-state index in [1.807, 2.05) is 0 Å². The molecule has 1 fully saturated rings. The minimum Gasteiger partial charge on any atom is -0.381 e. The average molecular weight is 275 g/mol. The maximum Gasteiger partial charge on any atom is 0.0489 e. The molecule has 0 saturated heterocycles. The Kier molecular flexibility index (Phi) is 6.06. The van der Waals surface area contributed by atoms with Gasteiger partial charge in [-0.25, -0.2) is 0 Å². The summed E-state index contributed by atoms with van der Waals surface area (Å²) in [5.41, 5.74) is 2.99. The lowest BCUT2D eigenvalue weighted by molar-refractivity contribution is 0.106. The SMILES string of the molecule is Cc1ccccc1C1CC(NCCCOCC(C)C)C1. The highest BCUT2D eigenvalue weighted by atomic mass is 16.5. The van der Waals surface area contributed by atoms with Crippen LogP contribution >= 0.6 is 0 Å². The summed E-state index contributed by atoms with van der Waals surface area (Å²) in [5.74, 6) is 1.41. The maximum atomic E-state index is 5.59. The first kappa shape index (κ1) is 15.5. The molecule has 1 saturated carbocycles. The molecule has 20 heavy (non-hydrogen) atoms. The standard InChI is InChI=1S/C18H29NO/c1-14(2)13-20-10-6-9-19-17-11-16(12-17)18-8-5-4-7-15(18)3/h4-5,7-8,14,16-17,19H,6,9-13H2,1-3H3. The summed E-state index contributed by atoms with van der Waals surface area (Å²) in [5, 5.41) is 3.65. The molecule has 2 rings (SSSR count). The third-order valence-corrected chi connectivity index (χ3v) is 4.12. The molecule has 0 aliphatic heterocycles. The van der Waals surface area contributed by atoms with E-state index < -0.39 is 0 Å². The van der Waals surface area contributed by atoms with Crippen molar-refractivity contribution in [3.8, 4) is 0 Å². The van der Waals surface area contributed by atoms with Crippen molar-refractivity contribution in [2.75, 3.05) is 19.8 Å². The van der Waals surface area contributed by atoms with Crippen molar-refractivity contribution < 1.29 is 4.74 Å². The fourth-order valence-corrected chi connectivity index (χ4v) is 2.88. The van der Waals surface area contributed by atoms with E-state index in [0.29, 0.717) is 12.0 Å². The quantitative estimate of drug-likeness (QED) is 0.727. The van der Waals surface area contributed by atoms with Gasteiger partial charge in [0.2, 0.25) is 0 Å². The topological polar surface area (TPSA) is 21.3 Å². The van der Waals surface area contributed by atoms with E-state index in [2.05, 4.69) is 50.4 Å². The van der Waals surface area contributed by atoms with Crippen LogP contribution in [-0.2, 0) is 4.74 Å². The first-order valence-corrected chi connectivity index (χ1v) is 8.03. The van der Waals surface area contributed by atoms with E-state index in [9.17, 15) is 0 Å². The van der Waals surface area contributed by atoms with Gasteiger partial charge >= 0.3 is 0 Å². The minimum atomic E-state index is 0.643. The lowest BCUT2D eigenvalue weighted by Gasteiger charge is -2.37. The van der Waals surface area contributed by atoms with E-state index in [0.717, 1.165) is 32.1 Å². The van der Waals surface area contributed by atoms with Crippen molar-refractivity contribution in [3.63, 3.8) is 0 Å². The second kappa shape index (κ2) is 7.80. The Bertz CT molecular complexity index is 396. The molecule has 112 valence electrons. The zero-order valence-electron chi connectivity index (χ0n) is 13.2. The molecule has 0 bridgehead atoms. The Morgan fingerprint density at radius 2 is 2.00 bits per heavy atom. The highest BCUT2D eigenvalue weighted by Crippen LogP contribution is 2.38. The molecule has 0 radical (unpaired) electrons. The summed E-state index contributed by atoms with van der Waals surface area (Å²) >= 11 is 0. The predicted octanol–water partition coefficient (Wildman–Crippen LogP) is 3.89. The summed E-state index contributed by atoms with van der Waals surface area (Å²) < 4.78 is 5.59. The number of rotatable bonds is 8. The second-order valence-corrected chi connectivity index (χ2v) is 6.50. The van der Waals surface area contributed by atoms with E-state index in [-0.39, 0.29) is 0 Å². The van der Waals surface area contributed by atoms with Gasteiger partial charge in [-0.15, -0.1) is 0 Å². The molecule has 0 aromatic heterocycles. The third kappa shape index (κ3) is 4.60. The lowest BCUT2D eigenvalue weighted by atomic mass is 9.74. The maximum absolute atomic E-state index is 5.59. The molecular formula is C18H29NO. The van der Waals surface area contributed by atoms with Crippen molar-refractivity contribution >= 4 is 0 Å². The zero-order chi connectivity index (χ0) is 14.4. The first-order valence-electron chi connectivity index (χ1n) is 8.03. The van der Waals surface area contributed by atoms with Gasteiger partial charge in [0.1, 0.15) is 0 Å². The van der Waals surface area contributed by atoms with Crippen LogP contribution in [0.2, 0.25) is 0 Å². The van der Waals surface area contributed by atoms with Gasteiger partial charge in [-0.3, -0.25) is 0 Å². The first-order chi connectivity index (χ1) is 9.66. The Morgan fingerprint density at radius 3 is 2.70 bits per heavy atom. The molecule has 1 aliphatic carbocycles. The minimum absolute atomic E-state index is 0.643. The Balaban J connectivity index is 1.55. The second-order valence-electron chi connectivity index (χ2n) is 6.50. The fraction of sp³-hybridized carbons (Fsp3) is 0.667. The summed E-state index contributed by atoms with van der Waals surface area (Å²) in [4.78, 5) is 0. The summed E-state index contributed by atoms with van der Waals surface area (Å²) in [7, 11) is 0. The number of benzene rings is 1. The smallest absolute Gasteiger partial charge is 0.0489 e. The molecule has 0 atom stereocenters. The van der Waals surface area contributed by atoms with Crippen LogP contribution in [-0.4, -0.2) is 25.8 Å². The van der Waals surface area contributed by atoms with Gasteiger partial charge in [0.05, 0.1) is 0 Å². The van der Waals surface area contributed by atoms with Crippen LogP contribution in [0.4, 0.5) is 0 Å². The highest BCUT2D eigenvalue weighted by Gasteiger charge is 2.30. The van der Waals surface area contributed by atoms with Gasteiger partial charge in [0.25, 0.3) is 0 Å². The van der Waals surface area contributed by atoms with Gasteiger partial charge in [-0.2, -0.15) is 0 Å². The number of nitrogens with one attached hydrogen (secondary N) is 1. The van der Waals surface area contributed by atoms with Crippen molar-refractivity contribution in [2.24, 2.45) is 5.92 Å². The molecule has 0 spiro atoms. The van der Waals surface area contributed by atoms with Crippen LogP contribution in [0.15, 0.2) is 24.3 Å². The lowest BCUT2D eigenvalue weighted by Crippen LogP contribution is -2.40. The van der Waals surface area contributed by atoms with E-state index in [1.165, 1.54) is 18.4 Å². The van der Waals surface area contributed by atoms with E-state index in [1.54, 1.807) is 5.56 Å². The third-order valence-electron chi connectivity index (χ3n) is 4.12. The monoisotopic (exact) mass is 275 g/mol. The number of hydrogen-bond acceptors (Lipinski definition) is 2. The van der Waals surface area contributed by atoms with E-state index >= 15 is 0 Å². The number of aryl methyl sites for hydroxylation is 1. The van der Waals surface area contributed by atoms with Crippen LogP contribution in [0, 0.1) is 12.8 Å². The molecular weight excluding hydrogens is 246 g/mol. The van der Waals surface area contributed by atoms with Crippen LogP contribution in [0.25, 0.3) is 0 Å².